The molecule has 1 aliphatic carbocycles. The number of nitriles is 1. The van der Waals surface area contributed by atoms with Crippen LogP contribution in [0.15, 0.2) is 54.6 Å². The van der Waals surface area contributed by atoms with Crippen LogP contribution in [0.5, 0.6) is 0 Å². The van der Waals surface area contributed by atoms with Gasteiger partial charge in [-0.25, -0.2) is 0 Å². The van der Waals surface area contributed by atoms with Gasteiger partial charge in [-0.15, -0.1) is 0 Å². The molecule has 0 amide bonds. The zero-order valence-electron chi connectivity index (χ0n) is 18.7. The number of rotatable bonds is 11. The SMILES string of the molecule is CCC(CCC(C#N)(c1ccc(Cl)cc1)C1CC1)N(CCc1ccccc1)C(C)C. The third-order valence-electron chi connectivity index (χ3n) is 6.81. The molecule has 0 bridgehead atoms. The highest BCUT2D eigenvalue weighted by Crippen LogP contribution is 2.50. The van der Waals surface area contributed by atoms with E-state index in [-0.39, 0.29) is 5.41 Å². The van der Waals surface area contributed by atoms with Crippen molar-refractivity contribution in [3.05, 3.63) is 70.7 Å². The second-order valence-electron chi connectivity index (χ2n) is 9.03. The molecule has 1 fully saturated rings. The van der Waals surface area contributed by atoms with Crippen molar-refractivity contribution < 1.29 is 0 Å². The molecule has 30 heavy (non-hydrogen) atoms. The molecule has 0 saturated heterocycles. The zero-order valence-corrected chi connectivity index (χ0v) is 19.4. The lowest BCUT2D eigenvalue weighted by molar-refractivity contribution is 0.135. The Morgan fingerprint density at radius 3 is 2.30 bits per heavy atom. The molecule has 0 aliphatic heterocycles. The van der Waals surface area contributed by atoms with E-state index < -0.39 is 0 Å². The van der Waals surface area contributed by atoms with Crippen molar-refractivity contribution in [1.82, 2.24) is 4.90 Å². The Kier molecular flexibility index (Phi) is 7.98. The van der Waals surface area contributed by atoms with E-state index in [2.05, 4.69) is 74.2 Å². The molecule has 0 heterocycles. The molecule has 1 saturated carbocycles. The van der Waals surface area contributed by atoms with Crippen LogP contribution in [-0.2, 0) is 11.8 Å². The number of benzene rings is 2. The normalized spacial score (nSPS) is 17.0. The van der Waals surface area contributed by atoms with Crippen LogP contribution >= 0.6 is 11.6 Å². The van der Waals surface area contributed by atoms with Gasteiger partial charge in [0.1, 0.15) is 0 Å². The smallest absolute Gasteiger partial charge is 0.0851 e. The van der Waals surface area contributed by atoms with Crippen molar-refractivity contribution in [1.29, 1.82) is 5.26 Å². The van der Waals surface area contributed by atoms with E-state index in [4.69, 9.17) is 11.6 Å². The summed E-state index contributed by atoms with van der Waals surface area (Å²) in [7, 11) is 0. The van der Waals surface area contributed by atoms with Crippen molar-refractivity contribution >= 4 is 11.6 Å². The van der Waals surface area contributed by atoms with Gasteiger partial charge in [-0.05, 0) is 81.5 Å². The van der Waals surface area contributed by atoms with E-state index in [9.17, 15) is 5.26 Å². The molecule has 2 aromatic rings. The molecular weight excluding hydrogens is 388 g/mol. The highest BCUT2D eigenvalue weighted by Gasteiger charge is 2.47. The Balaban J connectivity index is 1.73. The fraction of sp³-hybridized carbons (Fsp3) is 0.519. The molecule has 3 heteroatoms. The van der Waals surface area contributed by atoms with Crippen LogP contribution < -0.4 is 0 Å². The molecule has 2 atom stereocenters. The molecule has 2 aromatic carbocycles. The maximum absolute atomic E-state index is 10.3. The summed E-state index contributed by atoms with van der Waals surface area (Å²) in [4.78, 5) is 2.64. The Bertz CT molecular complexity index is 820. The average Bonchev–Trinajstić information content (AvgIpc) is 3.60. The van der Waals surface area contributed by atoms with Gasteiger partial charge >= 0.3 is 0 Å². The van der Waals surface area contributed by atoms with Crippen molar-refractivity contribution in [3.8, 4) is 6.07 Å². The van der Waals surface area contributed by atoms with Gasteiger partial charge in [0.15, 0.2) is 0 Å². The monoisotopic (exact) mass is 422 g/mol. The summed E-state index contributed by atoms with van der Waals surface area (Å²) >= 11 is 6.12. The summed E-state index contributed by atoms with van der Waals surface area (Å²) < 4.78 is 0. The number of halogens is 1. The third-order valence-corrected chi connectivity index (χ3v) is 7.06. The van der Waals surface area contributed by atoms with Gasteiger partial charge in [0.2, 0.25) is 0 Å². The van der Waals surface area contributed by atoms with Gasteiger partial charge in [-0.1, -0.05) is 61.0 Å². The predicted molar refractivity (Wildman–Crippen MR) is 127 cm³/mol. The summed E-state index contributed by atoms with van der Waals surface area (Å²) in [6.07, 6.45) is 6.47. The standard InChI is InChI=1S/C27H35ClN2/c1-4-26(30(21(2)3)19-17-22-8-6-5-7-9-22)16-18-27(20-29,23-10-11-23)24-12-14-25(28)15-13-24/h5-9,12-15,21,23,26H,4,10-11,16-19H2,1-3H3. The molecule has 3 rings (SSSR count). The van der Waals surface area contributed by atoms with Crippen LogP contribution in [0.25, 0.3) is 0 Å². The van der Waals surface area contributed by atoms with Crippen LogP contribution in [0.3, 0.4) is 0 Å². The molecule has 0 spiro atoms. The average molecular weight is 423 g/mol. The first kappa shape index (κ1) is 22.9. The van der Waals surface area contributed by atoms with Crippen molar-refractivity contribution in [2.24, 2.45) is 5.92 Å². The molecule has 160 valence electrons. The topological polar surface area (TPSA) is 27.0 Å². The summed E-state index contributed by atoms with van der Waals surface area (Å²) in [5.74, 6) is 0.484. The fourth-order valence-electron chi connectivity index (χ4n) is 4.88. The highest BCUT2D eigenvalue weighted by atomic mass is 35.5. The van der Waals surface area contributed by atoms with E-state index in [0.717, 1.165) is 55.7 Å². The Labute approximate surface area is 187 Å². The lowest BCUT2D eigenvalue weighted by Gasteiger charge is -2.37. The molecule has 0 N–H and O–H groups in total. The minimum absolute atomic E-state index is 0.375. The van der Waals surface area contributed by atoms with Gasteiger partial charge in [0.05, 0.1) is 11.5 Å². The molecule has 2 nitrogen and oxygen atoms in total. The summed E-state index contributed by atoms with van der Waals surface area (Å²) in [5.41, 5.74) is 2.16. The second kappa shape index (κ2) is 10.5. The molecular formula is C27H35ClN2. The molecule has 1 aliphatic rings. The van der Waals surface area contributed by atoms with Gasteiger partial charge in [0, 0.05) is 23.7 Å². The first-order valence-electron chi connectivity index (χ1n) is 11.5. The first-order chi connectivity index (χ1) is 14.5. The van der Waals surface area contributed by atoms with E-state index in [1.54, 1.807) is 0 Å². The van der Waals surface area contributed by atoms with E-state index >= 15 is 0 Å². The van der Waals surface area contributed by atoms with Crippen LogP contribution in [0.1, 0.15) is 64.0 Å². The summed E-state index contributed by atoms with van der Waals surface area (Å²) in [6, 6.07) is 22.5. The van der Waals surface area contributed by atoms with Crippen molar-refractivity contribution in [2.45, 2.75) is 76.8 Å². The maximum atomic E-state index is 10.3. The van der Waals surface area contributed by atoms with Gasteiger partial charge in [0.25, 0.3) is 0 Å². The van der Waals surface area contributed by atoms with E-state index in [0.29, 0.717) is 18.0 Å². The molecule has 2 unspecified atom stereocenters. The van der Waals surface area contributed by atoms with Gasteiger partial charge < -0.3 is 0 Å². The van der Waals surface area contributed by atoms with Crippen LogP contribution in [0, 0.1) is 17.2 Å². The van der Waals surface area contributed by atoms with E-state index in [1.165, 1.54) is 5.56 Å². The Morgan fingerprint density at radius 1 is 1.10 bits per heavy atom. The highest BCUT2D eigenvalue weighted by molar-refractivity contribution is 6.30. The summed E-state index contributed by atoms with van der Waals surface area (Å²) in [5, 5.41) is 11.0. The van der Waals surface area contributed by atoms with Gasteiger partial charge in [-0.2, -0.15) is 5.26 Å². The fourth-order valence-corrected chi connectivity index (χ4v) is 5.01. The molecule has 0 radical (unpaired) electrons. The van der Waals surface area contributed by atoms with Crippen molar-refractivity contribution in [2.75, 3.05) is 6.54 Å². The Hall–Kier alpha value is -1.82. The largest absolute Gasteiger partial charge is 0.298 e. The minimum Gasteiger partial charge on any atom is -0.298 e. The molecule has 0 aromatic heterocycles. The minimum atomic E-state index is -0.375. The van der Waals surface area contributed by atoms with E-state index in [1.807, 2.05) is 12.1 Å². The van der Waals surface area contributed by atoms with Crippen LogP contribution in [0.4, 0.5) is 0 Å². The van der Waals surface area contributed by atoms with Crippen molar-refractivity contribution in [3.63, 3.8) is 0 Å². The second-order valence-corrected chi connectivity index (χ2v) is 9.47. The third kappa shape index (κ3) is 5.45. The lowest BCUT2D eigenvalue weighted by atomic mass is 9.73. The predicted octanol–water partition coefficient (Wildman–Crippen LogP) is 7.02. The first-order valence-corrected chi connectivity index (χ1v) is 11.8. The quantitative estimate of drug-likeness (QED) is 0.388. The number of nitrogens with zero attached hydrogens (tertiary/aromatic N) is 2. The van der Waals surface area contributed by atoms with Crippen LogP contribution in [0.2, 0.25) is 5.02 Å². The lowest BCUT2D eigenvalue weighted by Crippen LogP contribution is -2.42. The summed E-state index contributed by atoms with van der Waals surface area (Å²) in [6.45, 7) is 7.94. The Morgan fingerprint density at radius 2 is 1.77 bits per heavy atom. The maximum Gasteiger partial charge on any atom is 0.0851 e. The number of hydrogen-bond acceptors (Lipinski definition) is 2. The van der Waals surface area contributed by atoms with Crippen LogP contribution in [-0.4, -0.2) is 23.5 Å². The van der Waals surface area contributed by atoms with Gasteiger partial charge in [-0.3, -0.25) is 4.90 Å². The number of hydrogen-bond donors (Lipinski definition) is 0. The zero-order chi connectivity index (χ0) is 21.6.